The van der Waals surface area contributed by atoms with Gasteiger partial charge in [-0.3, -0.25) is 9.98 Å². The minimum absolute atomic E-state index is 0.284. The van der Waals surface area contributed by atoms with E-state index in [1.807, 2.05) is 11.9 Å². The molecule has 0 saturated heterocycles. The van der Waals surface area contributed by atoms with Crippen LogP contribution in [0.15, 0.2) is 35.6 Å². The van der Waals surface area contributed by atoms with E-state index in [2.05, 4.69) is 15.0 Å². The van der Waals surface area contributed by atoms with Crippen molar-refractivity contribution in [2.45, 2.75) is 6.54 Å². The lowest BCUT2D eigenvalue weighted by molar-refractivity contribution is 0.374. The number of aliphatic imine (C=N–C) groups is 1. The van der Waals surface area contributed by atoms with Crippen molar-refractivity contribution in [3.63, 3.8) is 0 Å². The summed E-state index contributed by atoms with van der Waals surface area (Å²) in [5.41, 5.74) is 0.851. The summed E-state index contributed by atoms with van der Waals surface area (Å²) in [6.45, 7) is 0.780. The average Bonchev–Trinajstić information content (AvgIpc) is 2.51. The monoisotopic (exact) mass is 322 g/mol. The number of fused-ring (bicyclic) bond motifs is 1. The van der Waals surface area contributed by atoms with E-state index in [0.29, 0.717) is 22.3 Å². The van der Waals surface area contributed by atoms with E-state index in [1.165, 1.54) is 0 Å². The Morgan fingerprint density at radius 3 is 2.90 bits per heavy atom. The molecule has 1 aliphatic rings. The molecule has 0 N–H and O–H groups in total. The van der Waals surface area contributed by atoms with Gasteiger partial charge in [-0.15, -0.1) is 0 Å². The van der Waals surface area contributed by atoms with E-state index in [9.17, 15) is 0 Å². The number of amidine groups is 1. The normalized spacial score (nSPS) is 13.7. The maximum atomic E-state index is 6.10. The molecular formula is C14H12Cl2N4O. The maximum absolute atomic E-state index is 6.10. The summed E-state index contributed by atoms with van der Waals surface area (Å²) in [6, 6.07) is 5.27. The standard InChI is InChI=1S/C14H12Cl2N4O/c1-20-12(19-7-10-14(20)18-6-5-17-10)8-21-11-4-2-3-9(15)13(11)16/h2-6H,7-8H2,1H3. The summed E-state index contributed by atoms with van der Waals surface area (Å²) in [5, 5.41) is 0.864. The average molecular weight is 323 g/mol. The number of halogens is 2. The molecule has 1 aromatic carbocycles. The van der Waals surface area contributed by atoms with Gasteiger partial charge in [-0.1, -0.05) is 29.3 Å². The minimum Gasteiger partial charge on any atom is -0.484 e. The number of nitrogens with zero attached hydrogens (tertiary/aromatic N) is 4. The molecule has 5 nitrogen and oxygen atoms in total. The minimum atomic E-state index is 0.284. The van der Waals surface area contributed by atoms with Crippen LogP contribution in [0.3, 0.4) is 0 Å². The Morgan fingerprint density at radius 2 is 2.05 bits per heavy atom. The number of aromatic nitrogens is 2. The quantitative estimate of drug-likeness (QED) is 0.870. The molecule has 7 heteroatoms. The van der Waals surface area contributed by atoms with E-state index in [0.717, 1.165) is 17.3 Å². The molecule has 0 aliphatic carbocycles. The Bertz CT molecular complexity index is 705. The van der Waals surface area contributed by atoms with Gasteiger partial charge in [0, 0.05) is 19.4 Å². The molecule has 0 unspecified atom stereocenters. The molecule has 0 spiro atoms. The molecule has 108 valence electrons. The highest BCUT2D eigenvalue weighted by molar-refractivity contribution is 6.42. The predicted molar refractivity (Wildman–Crippen MR) is 83.5 cm³/mol. The first-order valence-corrected chi connectivity index (χ1v) is 7.06. The molecule has 0 saturated carbocycles. The highest BCUT2D eigenvalue weighted by atomic mass is 35.5. The fourth-order valence-corrected chi connectivity index (χ4v) is 2.37. The van der Waals surface area contributed by atoms with Crippen LogP contribution < -0.4 is 9.64 Å². The van der Waals surface area contributed by atoms with E-state index < -0.39 is 0 Å². The molecule has 0 bridgehead atoms. The summed E-state index contributed by atoms with van der Waals surface area (Å²) in [4.78, 5) is 14.9. The lowest BCUT2D eigenvalue weighted by atomic mass is 10.3. The molecule has 1 aromatic heterocycles. The van der Waals surface area contributed by atoms with Crippen LogP contribution in [0, 0.1) is 0 Å². The second kappa shape index (κ2) is 5.87. The van der Waals surface area contributed by atoms with Crippen LogP contribution in [0.1, 0.15) is 5.69 Å². The van der Waals surface area contributed by atoms with Gasteiger partial charge in [0.1, 0.15) is 28.9 Å². The van der Waals surface area contributed by atoms with Gasteiger partial charge in [0.15, 0.2) is 5.82 Å². The number of anilines is 1. The van der Waals surface area contributed by atoms with Crippen LogP contribution >= 0.6 is 23.2 Å². The van der Waals surface area contributed by atoms with E-state index in [1.54, 1.807) is 30.6 Å². The van der Waals surface area contributed by atoms with Gasteiger partial charge in [0.05, 0.1) is 11.6 Å². The maximum Gasteiger partial charge on any atom is 0.157 e. The Morgan fingerprint density at radius 1 is 1.24 bits per heavy atom. The number of hydrogen-bond donors (Lipinski definition) is 0. The van der Waals surface area contributed by atoms with E-state index in [-0.39, 0.29) is 6.61 Å². The first-order chi connectivity index (χ1) is 10.2. The number of ether oxygens (including phenoxy) is 1. The smallest absolute Gasteiger partial charge is 0.157 e. The summed E-state index contributed by atoms with van der Waals surface area (Å²) in [5.74, 6) is 2.09. The van der Waals surface area contributed by atoms with Crippen LogP contribution in [0.5, 0.6) is 5.75 Å². The number of likely N-dealkylation sites (N-methyl/N-ethyl adjacent to an activating group) is 1. The molecule has 0 amide bonds. The third-order valence-electron chi connectivity index (χ3n) is 3.14. The second-order valence-corrected chi connectivity index (χ2v) is 5.24. The summed E-state index contributed by atoms with van der Waals surface area (Å²) >= 11 is 12.1. The van der Waals surface area contributed by atoms with E-state index in [4.69, 9.17) is 27.9 Å². The van der Waals surface area contributed by atoms with Crippen molar-refractivity contribution in [2.24, 2.45) is 4.99 Å². The predicted octanol–water partition coefficient (Wildman–Crippen LogP) is 3.21. The molecule has 2 heterocycles. The number of benzene rings is 1. The Hall–Kier alpha value is -1.85. The highest BCUT2D eigenvalue weighted by Crippen LogP contribution is 2.31. The van der Waals surface area contributed by atoms with Crippen LogP contribution in [-0.2, 0) is 6.54 Å². The van der Waals surface area contributed by atoms with Gasteiger partial charge in [0.25, 0.3) is 0 Å². The van der Waals surface area contributed by atoms with Crippen molar-refractivity contribution in [3.8, 4) is 5.75 Å². The summed E-state index contributed by atoms with van der Waals surface area (Å²) in [7, 11) is 1.88. The summed E-state index contributed by atoms with van der Waals surface area (Å²) in [6.07, 6.45) is 3.32. The van der Waals surface area contributed by atoms with Gasteiger partial charge < -0.3 is 9.64 Å². The Kier molecular flexibility index (Phi) is 3.94. The van der Waals surface area contributed by atoms with Crippen molar-refractivity contribution < 1.29 is 4.74 Å². The van der Waals surface area contributed by atoms with Gasteiger partial charge in [-0.25, -0.2) is 4.98 Å². The molecule has 21 heavy (non-hydrogen) atoms. The number of rotatable bonds is 3. The van der Waals surface area contributed by atoms with Crippen molar-refractivity contribution in [1.82, 2.24) is 9.97 Å². The topological polar surface area (TPSA) is 50.6 Å². The first-order valence-electron chi connectivity index (χ1n) is 6.30. The van der Waals surface area contributed by atoms with Crippen molar-refractivity contribution in [1.29, 1.82) is 0 Å². The lowest BCUT2D eigenvalue weighted by Gasteiger charge is -2.25. The van der Waals surface area contributed by atoms with Crippen LogP contribution in [-0.4, -0.2) is 29.5 Å². The van der Waals surface area contributed by atoms with Crippen LogP contribution in [0.4, 0.5) is 5.82 Å². The highest BCUT2D eigenvalue weighted by Gasteiger charge is 2.20. The molecule has 0 atom stereocenters. The van der Waals surface area contributed by atoms with Crippen LogP contribution in [0.2, 0.25) is 10.0 Å². The molecular weight excluding hydrogens is 311 g/mol. The van der Waals surface area contributed by atoms with Crippen LogP contribution in [0.25, 0.3) is 0 Å². The molecule has 1 aliphatic heterocycles. The van der Waals surface area contributed by atoms with Gasteiger partial charge >= 0.3 is 0 Å². The molecule has 0 fully saturated rings. The van der Waals surface area contributed by atoms with Crippen molar-refractivity contribution >= 4 is 34.9 Å². The Balaban J connectivity index is 1.75. The third-order valence-corrected chi connectivity index (χ3v) is 3.94. The zero-order valence-electron chi connectivity index (χ0n) is 11.3. The van der Waals surface area contributed by atoms with Gasteiger partial charge in [-0.2, -0.15) is 0 Å². The van der Waals surface area contributed by atoms with Gasteiger partial charge in [0.2, 0.25) is 0 Å². The molecule has 3 rings (SSSR count). The Labute approximate surface area is 132 Å². The zero-order valence-corrected chi connectivity index (χ0v) is 12.8. The molecule has 2 aromatic rings. The fraction of sp³-hybridized carbons (Fsp3) is 0.214. The SMILES string of the molecule is CN1C(COc2cccc(Cl)c2Cl)=NCc2nccnc21. The first kappa shape index (κ1) is 14.1. The number of hydrogen-bond acceptors (Lipinski definition) is 5. The zero-order chi connectivity index (χ0) is 14.8. The summed E-state index contributed by atoms with van der Waals surface area (Å²) < 4.78 is 5.71. The van der Waals surface area contributed by atoms with Crippen molar-refractivity contribution in [3.05, 3.63) is 46.3 Å². The van der Waals surface area contributed by atoms with Crippen molar-refractivity contribution in [2.75, 3.05) is 18.6 Å². The lowest BCUT2D eigenvalue weighted by Crippen LogP contribution is -2.35. The fourth-order valence-electron chi connectivity index (χ4n) is 2.03. The third kappa shape index (κ3) is 2.80. The largest absolute Gasteiger partial charge is 0.484 e. The van der Waals surface area contributed by atoms with Gasteiger partial charge in [-0.05, 0) is 12.1 Å². The second-order valence-electron chi connectivity index (χ2n) is 4.46. The van der Waals surface area contributed by atoms with E-state index >= 15 is 0 Å². The molecule has 0 radical (unpaired) electrons.